The highest BCUT2D eigenvalue weighted by Gasteiger charge is 2.42. The number of pyridine rings is 1. The van der Waals surface area contributed by atoms with Crippen LogP contribution in [-0.4, -0.2) is 31.6 Å². The van der Waals surface area contributed by atoms with Gasteiger partial charge in [-0.1, -0.05) is 6.07 Å². The second kappa shape index (κ2) is 9.32. The van der Waals surface area contributed by atoms with Crippen molar-refractivity contribution in [2.75, 3.05) is 11.6 Å². The molecule has 0 aliphatic heterocycles. The third-order valence-corrected chi connectivity index (χ3v) is 7.03. The number of halogens is 5. The van der Waals surface area contributed by atoms with Gasteiger partial charge in [0, 0.05) is 28.5 Å². The standard InChI is InChI=1S/C23H20F5N5O3S/c1-12-17(20(34)30-13-5-3-6-14(11-13)37(2,29)35)21(33-32-18(12)23(26,27)28)36-16-8-7-15(19(24)31-16)22(25)9-4-10-22/h3,5-8,11,29H,4,9-10H2,1-2H3,(H,30,34). The summed E-state index contributed by atoms with van der Waals surface area (Å²) in [4.78, 5) is 16.7. The van der Waals surface area contributed by atoms with Gasteiger partial charge < -0.3 is 10.1 Å². The highest BCUT2D eigenvalue weighted by Crippen LogP contribution is 2.46. The Labute approximate surface area is 208 Å². The molecule has 37 heavy (non-hydrogen) atoms. The number of ether oxygens (including phenoxy) is 1. The summed E-state index contributed by atoms with van der Waals surface area (Å²) in [7, 11) is -3.14. The Morgan fingerprint density at radius 1 is 1.19 bits per heavy atom. The number of aromatic nitrogens is 3. The van der Waals surface area contributed by atoms with Crippen LogP contribution in [0.15, 0.2) is 41.3 Å². The predicted molar refractivity (Wildman–Crippen MR) is 122 cm³/mol. The summed E-state index contributed by atoms with van der Waals surface area (Å²) in [6, 6.07) is 7.66. The number of hydrogen-bond donors (Lipinski definition) is 2. The lowest BCUT2D eigenvalue weighted by Gasteiger charge is -2.33. The summed E-state index contributed by atoms with van der Waals surface area (Å²) >= 11 is 0. The number of benzene rings is 1. The first-order valence-corrected chi connectivity index (χ1v) is 12.8. The van der Waals surface area contributed by atoms with E-state index in [0.717, 1.165) is 19.1 Å². The molecule has 0 bridgehead atoms. The third kappa shape index (κ3) is 5.38. The Bertz CT molecular complexity index is 1490. The molecule has 4 rings (SSSR count). The number of nitrogens with zero attached hydrogens (tertiary/aromatic N) is 3. The predicted octanol–water partition coefficient (Wildman–Crippen LogP) is 5.77. The van der Waals surface area contributed by atoms with E-state index in [-0.39, 0.29) is 29.0 Å². The van der Waals surface area contributed by atoms with Crippen LogP contribution < -0.4 is 10.1 Å². The third-order valence-electron chi connectivity index (χ3n) is 5.88. The van der Waals surface area contributed by atoms with Crippen molar-refractivity contribution in [1.82, 2.24) is 15.2 Å². The van der Waals surface area contributed by atoms with Crippen molar-refractivity contribution in [3.63, 3.8) is 0 Å². The second-order valence-electron chi connectivity index (χ2n) is 8.59. The van der Waals surface area contributed by atoms with Gasteiger partial charge in [0.2, 0.25) is 11.8 Å². The fraction of sp³-hybridized carbons (Fsp3) is 0.304. The normalized spacial score (nSPS) is 16.4. The molecule has 1 atom stereocenters. The Balaban J connectivity index is 1.72. The molecule has 0 radical (unpaired) electrons. The van der Waals surface area contributed by atoms with Crippen molar-refractivity contribution in [2.45, 2.75) is 42.9 Å². The number of nitrogens with one attached hydrogen (secondary N) is 2. The topological polar surface area (TPSA) is 118 Å². The van der Waals surface area contributed by atoms with E-state index in [4.69, 9.17) is 9.52 Å². The molecule has 1 amide bonds. The maximum atomic E-state index is 14.6. The fourth-order valence-corrected chi connectivity index (χ4v) is 4.47. The number of alkyl halides is 4. The minimum absolute atomic E-state index is 0.0438. The average Bonchev–Trinajstić information content (AvgIpc) is 2.76. The Morgan fingerprint density at radius 2 is 1.89 bits per heavy atom. The van der Waals surface area contributed by atoms with Crippen LogP contribution in [0, 0.1) is 17.7 Å². The van der Waals surface area contributed by atoms with Crippen LogP contribution in [0.25, 0.3) is 0 Å². The molecule has 1 aliphatic carbocycles. The molecule has 2 aromatic heterocycles. The molecule has 0 saturated heterocycles. The van der Waals surface area contributed by atoms with Gasteiger partial charge >= 0.3 is 6.18 Å². The zero-order chi connectivity index (χ0) is 27.2. The lowest BCUT2D eigenvalue weighted by atomic mass is 9.77. The Morgan fingerprint density at radius 3 is 2.46 bits per heavy atom. The van der Waals surface area contributed by atoms with E-state index in [1.807, 2.05) is 0 Å². The monoisotopic (exact) mass is 541 g/mol. The number of anilines is 1. The molecule has 1 saturated carbocycles. The molecule has 2 N–H and O–H groups in total. The average molecular weight is 542 g/mol. The lowest BCUT2D eigenvalue weighted by molar-refractivity contribution is -0.142. The van der Waals surface area contributed by atoms with E-state index in [2.05, 4.69) is 20.5 Å². The van der Waals surface area contributed by atoms with Crippen LogP contribution >= 0.6 is 0 Å². The Hall–Kier alpha value is -3.68. The fourth-order valence-electron chi connectivity index (χ4n) is 3.78. The molecule has 3 aromatic rings. The summed E-state index contributed by atoms with van der Waals surface area (Å²) in [6.07, 6.45) is -2.93. The van der Waals surface area contributed by atoms with Gasteiger partial charge in [-0.25, -0.2) is 13.4 Å². The van der Waals surface area contributed by atoms with Crippen molar-refractivity contribution in [2.24, 2.45) is 0 Å². The molecule has 1 fully saturated rings. The van der Waals surface area contributed by atoms with Crippen LogP contribution in [0.5, 0.6) is 11.8 Å². The van der Waals surface area contributed by atoms with Gasteiger partial charge in [-0.05, 0) is 56.0 Å². The Kier molecular flexibility index (Phi) is 6.65. The van der Waals surface area contributed by atoms with Crippen molar-refractivity contribution in [1.29, 1.82) is 4.78 Å². The SMILES string of the molecule is Cc1c(C(F)(F)F)nnc(Oc2ccc(C3(F)CCC3)c(F)n2)c1C(=O)Nc1cccc(S(C)(=N)=O)c1. The summed E-state index contributed by atoms with van der Waals surface area (Å²) < 4.78 is 94.6. The summed E-state index contributed by atoms with van der Waals surface area (Å²) in [5.74, 6) is -3.42. The highest BCUT2D eigenvalue weighted by atomic mass is 32.2. The van der Waals surface area contributed by atoms with Crippen LogP contribution in [0.4, 0.5) is 27.6 Å². The van der Waals surface area contributed by atoms with Crippen molar-refractivity contribution in [3.05, 3.63) is 64.7 Å². The second-order valence-corrected chi connectivity index (χ2v) is 10.7. The largest absolute Gasteiger partial charge is 0.435 e. The quantitative estimate of drug-likeness (QED) is 0.302. The molecule has 2 heterocycles. The smallest absolute Gasteiger partial charge is 0.418 e. The van der Waals surface area contributed by atoms with E-state index in [1.165, 1.54) is 30.5 Å². The van der Waals surface area contributed by atoms with Gasteiger partial charge in [0.15, 0.2) is 5.69 Å². The first-order valence-electron chi connectivity index (χ1n) is 10.8. The maximum absolute atomic E-state index is 14.6. The minimum atomic E-state index is -4.95. The molecule has 8 nitrogen and oxygen atoms in total. The van der Waals surface area contributed by atoms with Crippen LogP contribution in [0.2, 0.25) is 0 Å². The molecule has 1 aliphatic rings. The molecule has 1 unspecified atom stereocenters. The number of rotatable bonds is 6. The molecular formula is C23H20F5N5O3S. The number of amides is 1. The van der Waals surface area contributed by atoms with Gasteiger partial charge in [-0.15, -0.1) is 10.2 Å². The molecule has 196 valence electrons. The summed E-state index contributed by atoms with van der Waals surface area (Å²) in [5, 5.41) is 8.87. The van der Waals surface area contributed by atoms with E-state index in [1.54, 1.807) is 0 Å². The molecule has 14 heteroatoms. The van der Waals surface area contributed by atoms with E-state index in [9.17, 15) is 31.0 Å². The van der Waals surface area contributed by atoms with Gasteiger partial charge in [-0.3, -0.25) is 4.79 Å². The van der Waals surface area contributed by atoms with E-state index in [0.29, 0.717) is 6.42 Å². The van der Waals surface area contributed by atoms with Gasteiger partial charge in [0.05, 0.1) is 9.73 Å². The van der Waals surface area contributed by atoms with Crippen molar-refractivity contribution >= 4 is 21.3 Å². The summed E-state index contributed by atoms with van der Waals surface area (Å²) in [5.41, 5.74) is -4.80. The lowest BCUT2D eigenvalue weighted by Crippen LogP contribution is -2.30. The van der Waals surface area contributed by atoms with Gasteiger partial charge in [0.25, 0.3) is 11.8 Å². The number of carbonyl (C=O) groups excluding carboxylic acids is 1. The number of carbonyl (C=O) groups is 1. The first kappa shape index (κ1) is 26.4. The van der Waals surface area contributed by atoms with Crippen LogP contribution in [-0.2, 0) is 21.6 Å². The van der Waals surface area contributed by atoms with Crippen molar-refractivity contribution < 1.29 is 35.7 Å². The first-order chi connectivity index (χ1) is 17.2. The zero-order valence-corrected chi connectivity index (χ0v) is 20.3. The molecule has 1 aromatic carbocycles. The molecule has 0 spiro atoms. The highest BCUT2D eigenvalue weighted by molar-refractivity contribution is 7.91. The molecular weight excluding hydrogens is 521 g/mol. The van der Waals surface area contributed by atoms with Crippen LogP contribution in [0.1, 0.15) is 46.4 Å². The minimum Gasteiger partial charge on any atom is -0.418 e. The number of hydrogen-bond acceptors (Lipinski definition) is 7. The zero-order valence-electron chi connectivity index (χ0n) is 19.4. The van der Waals surface area contributed by atoms with E-state index < -0.39 is 62.0 Å². The van der Waals surface area contributed by atoms with E-state index >= 15 is 0 Å². The van der Waals surface area contributed by atoms with Crippen molar-refractivity contribution in [3.8, 4) is 11.8 Å². The van der Waals surface area contributed by atoms with Crippen LogP contribution in [0.3, 0.4) is 0 Å². The van der Waals surface area contributed by atoms with Gasteiger partial charge in [-0.2, -0.15) is 22.5 Å². The summed E-state index contributed by atoms with van der Waals surface area (Å²) in [6.45, 7) is 0.985. The maximum Gasteiger partial charge on any atom is 0.435 e. The van der Waals surface area contributed by atoms with Gasteiger partial charge in [0.1, 0.15) is 11.2 Å².